The van der Waals surface area contributed by atoms with E-state index in [4.69, 9.17) is 0 Å². The average molecular weight is 234 g/mol. The molecule has 0 atom stereocenters. The van der Waals surface area contributed by atoms with Crippen LogP contribution in [0.3, 0.4) is 0 Å². The molecule has 1 aromatic heterocycles. The van der Waals surface area contributed by atoms with Gasteiger partial charge < -0.3 is 10.4 Å². The lowest BCUT2D eigenvalue weighted by molar-refractivity contribution is 0.272. The van der Waals surface area contributed by atoms with E-state index in [0.29, 0.717) is 11.7 Å². The van der Waals surface area contributed by atoms with Gasteiger partial charge in [0.05, 0.1) is 0 Å². The molecule has 0 unspecified atom stereocenters. The predicted octanol–water partition coefficient (Wildman–Crippen LogP) is 1.46. The van der Waals surface area contributed by atoms with E-state index in [9.17, 15) is 4.79 Å². The Morgan fingerprint density at radius 3 is 2.76 bits per heavy atom. The average Bonchev–Trinajstić information content (AvgIpc) is 3.13. The van der Waals surface area contributed by atoms with E-state index in [-0.39, 0.29) is 5.56 Å². The number of rotatable bonds is 3. The van der Waals surface area contributed by atoms with Crippen LogP contribution in [-0.4, -0.2) is 28.1 Å². The van der Waals surface area contributed by atoms with Gasteiger partial charge in [0.25, 0.3) is 5.56 Å². The van der Waals surface area contributed by atoms with E-state index in [1.165, 1.54) is 19.3 Å². The number of hydrogen-bond acceptors (Lipinski definition) is 4. The molecule has 2 aliphatic rings. The van der Waals surface area contributed by atoms with Gasteiger partial charge in [-0.3, -0.25) is 4.79 Å². The molecule has 0 radical (unpaired) electrons. The summed E-state index contributed by atoms with van der Waals surface area (Å²) in [6.07, 6.45) is 6.03. The van der Waals surface area contributed by atoms with E-state index in [2.05, 4.69) is 20.4 Å². The second kappa shape index (κ2) is 4.49. The first-order valence-electron chi connectivity index (χ1n) is 6.44. The van der Waals surface area contributed by atoms with Gasteiger partial charge >= 0.3 is 0 Å². The van der Waals surface area contributed by atoms with Crippen LogP contribution in [0.2, 0.25) is 0 Å². The zero-order chi connectivity index (χ0) is 11.7. The van der Waals surface area contributed by atoms with Gasteiger partial charge in [-0.2, -0.15) is 0 Å². The first kappa shape index (κ1) is 10.8. The summed E-state index contributed by atoms with van der Waals surface area (Å²) in [5.41, 5.74) is 3.19. The molecule has 2 heterocycles. The van der Waals surface area contributed by atoms with Gasteiger partial charge in [0.2, 0.25) is 0 Å². The summed E-state index contributed by atoms with van der Waals surface area (Å²) in [4.78, 5) is 18.8. The van der Waals surface area contributed by atoms with Crippen molar-refractivity contribution in [2.75, 3.05) is 18.5 Å². The van der Waals surface area contributed by atoms with Crippen LogP contribution in [0.15, 0.2) is 10.9 Å². The highest BCUT2D eigenvalue weighted by Crippen LogP contribution is 2.37. The number of nitrogens with zero attached hydrogens (tertiary/aromatic N) is 2. The summed E-state index contributed by atoms with van der Waals surface area (Å²) >= 11 is 0. The Balaban J connectivity index is 1.74. The SMILES string of the molecule is O=c1cc(NN2CCCCC2)nc(C2CC2)[nH]1. The molecule has 2 fully saturated rings. The van der Waals surface area contributed by atoms with Crippen molar-refractivity contribution in [3.8, 4) is 0 Å². The molecule has 1 aliphatic heterocycles. The number of aromatic nitrogens is 2. The van der Waals surface area contributed by atoms with Crippen molar-refractivity contribution < 1.29 is 0 Å². The molecule has 5 nitrogen and oxygen atoms in total. The monoisotopic (exact) mass is 234 g/mol. The summed E-state index contributed by atoms with van der Waals surface area (Å²) in [5, 5.41) is 2.15. The normalized spacial score (nSPS) is 21.4. The lowest BCUT2D eigenvalue weighted by Crippen LogP contribution is -2.35. The third-order valence-corrected chi connectivity index (χ3v) is 3.35. The van der Waals surface area contributed by atoms with Crippen molar-refractivity contribution in [1.29, 1.82) is 0 Å². The standard InChI is InChI=1S/C12H18N4O/c17-11-8-10(13-12(14-11)9-4-5-9)15-16-6-2-1-3-7-16/h8-9H,1-7H2,(H2,13,14,15,17). The number of aromatic amines is 1. The minimum atomic E-state index is -0.0543. The van der Waals surface area contributed by atoms with Crippen molar-refractivity contribution in [3.63, 3.8) is 0 Å². The molecule has 2 N–H and O–H groups in total. The van der Waals surface area contributed by atoms with Crippen molar-refractivity contribution >= 4 is 5.82 Å². The molecule has 0 spiro atoms. The number of H-pyrrole nitrogens is 1. The number of piperidine rings is 1. The molecule has 3 rings (SSSR count). The molecule has 0 amide bonds. The van der Waals surface area contributed by atoms with E-state index in [0.717, 1.165) is 31.8 Å². The van der Waals surface area contributed by atoms with E-state index in [1.807, 2.05) is 0 Å². The first-order valence-corrected chi connectivity index (χ1v) is 6.44. The van der Waals surface area contributed by atoms with Gasteiger partial charge in [-0.1, -0.05) is 6.42 Å². The van der Waals surface area contributed by atoms with Crippen LogP contribution in [0.1, 0.15) is 43.8 Å². The van der Waals surface area contributed by atoms with Crippen LogP contribution < -0.4 is 11.0 Å². The second-order valence-electron chi connectivity index (χ2n) is 4.95. The maximum Gasteiger partial charge on any atom is 0.253 e. The lowest BCUT2D eigenvalue weighted by atomic mass is 10.2. The Morgan fingerprint density at radius 2 is 2.06 bits per heavy atom. The van der Waals surface area contributed by atoms with Crippen molar-refractivity contribution in [1.82, 2.24) is 15.0 Å². The fourth-order valence-corrected chi connectivity index (χ4v) is 2.25. The topological polar surface area (TPSA) is 61.0 Å². The van der Waals surface area contributed by atoms with Gasteiger partial charge in [-0.25, -0.2) is 9.99 Å². The molecule has 5 heteroatoms. The summed E-state index contributed by atoms with van der Waals surface area (Å²) in [6, 6.07) is 1.54. The largest absolute Gasteiger partial charge is 0.310 e. The zero-order valence-corrected chi connectivity index (χ0v) is 9.91. The Bertz CT molecular complexity index is 446. The number of hydrogen-bond donors (Lipinski definition) is 2. The van der Waals surface area contributed by atoms with Crippen LogP contribution in [-0.2, 0) is 0 Å². The molecular formula is C12H18N4O. The van der Waals surface area contributed by atoms with Crippen LogP contribution in [0.4, 0.5) is 5.82 Å². The fraction of sp³-hybridized carbons (Fsp3) is 0.667. The number of nitrogens with one attached hydrogen (secondary N) is 2. The minimum Gasteiger partial charge on any atom is -0.310 e. The molecule has 17 heavy (non-hydrogen) atoms. The van der Waals surface area contributed by atoms with Crippen LogP contribution >= 0.6 is 0 Å². The summed E-state index contributed by atoms with van der Waals surface area (Å²) in [5.74, 6) is 2.01. The van der Waals surface area contributed by atoms with Crippen LogP contribution in [0.5, 0.6) is 0 Å². The fourth-order valence-electron chi connectivity index (χ4n) is 2.25. The van der Waals surface area contributed by atoms with Gasteiger partial charge in [0.15, 0.2) is 0 Å². The Kier molecular flexibility index (Phi) is 2.84. The highest BCUT2D eigenvalue weighted by atomic mass is 16.1. The quantitative estimate of drug-likeness (QED) is 0.831. The Labute approximate surface area is 100 Å². The van der Waals surface area contributed by atoms with Gasteiger partial charge in [-0.15, -0.1) is 0 Å². The number of anilines is 1. The third kappa shape index (κ3) is 2.66. The Morgan fingerprint density at radius 1 is 1.29 bits per heavy atom. The second-order valence-corrected chi connectivity index (χ2v) is 4.95. The predicted molar refractivity (Wildman–Crippen MR) is 65.9 cm³/mol. The lowest BCUT2D eigenvalue weighted by Gasteiger charge is -2.27. The van der Waals surface area contributed by atoms with Gasteiger partial charge in [0.1, 0.15) is 11.6 Å². The van der Waals surface area contributed by atoms with Crippen molar-refractivity contribution in [3.05, 3.63) is 22.2 Å². The maximum absolute atomic E-state index is 11.5. The summed E-state index contributed by atoms with van der Waals surface area (Å²) in [6.45, 7) is 2.07. The van der Waals surface area contributed by atoms with E-state index in [1.54, 1.807) is 6.07 Å². The van der Waals surface area contributed by atoms with Crippen LogP contribution in [0.25, 0.3) is 0 Å². The zero-order valence-electron chi connectivity index (χ0n) is 9.91. The van der Waals surface area contributed by atoms with Gasteiger partial charge in [-0.05, 0) is 25.7 Å². The maximum atomic E-state index is 11.5. The molecule has 0 bridgehead atoms. The smallest absolute Gasteiger partial charge is 0.253 e. The first-order chi connectivity index (χ1) is 8.31. The van der Waals surface area contributed by atoms with Crippen molar-refractivity contribution in [2.45, 2.75) is 38.0 Å². The Hall–Kier alpha value is -1.36. The van der Waals surface area contributed by atoms with Crippen molar-refractivity contribution in [2.24, 2.45) is 0 Å². The van der Waals surface area contributed by atoms with E-state index < -0.39 is 0 Å². The minimum absolute atomic E-state index is 0.0543. The highest BCUT2D eigenvalue weighted by molar-refractivity contribution is 5.32. The van der Waals surface area contributed by atoms with Gasteiger partial charge in [0, 0.05) is 25.1 Å². The van der Waals surface area contributed by atoms with Crippen LogP contribution in [0, 0.1) is 0 Å². The molecule has 1 aromatic rings. The van der Waals surface area contributed by atoms with E-state index >= 15 is 0 Å². The molecule has 1 saturated carbocycles. The summed E-state index contributed by atoms with van der Waals surface area (Å²) in [7, 11) is 0. The molecule has 0 aromatic carbocycles. The molecule has 1 aliphatic carbocycles. The molecule has 1 saturated heterocycles. The molecule has 92 valence electrons. The summed E-state index contributed by atoms with van der Waals surface area (Å²) < 4.78 is 0. The molecular weight excluding hydrogens is 216 g/mol. The third-order valence-electron chi connectivity index (χ3n) is 3.35. The highest BCUT2D eigenvalue weighted by Gasteiger charge is 2.26. The number of hydrazine groups is 1.